The molecule has 0 heterocycles. The van der Waals surface area contributed by atoms with Crippen molar-refractivity contribution in [3.05, 3.63) is 58.7 Å². The average molecular weight is 354 g/mol. The lowest BCUT2D eigenvalue weighted by molar-refractivity contribution is -0.125. The molecule has 2 rings (SSSR count). The number of anilines is 1. The van der Waals surface area contributed by atoms with Gasteiger partial charge in [-0.05, 0) is 56.2 Å². The summed E-state index contributed by atoms with van der Waals surface area (Å²) < 4.78 is 5.31. The van der Waals surface area contributed by atoms with Crippen LogP contribution in [0.25, 0.3) is 0 Å². The van der Waals surface area contributed by atoms with Crippen LogP contribution in [-0.4, -0.2) is 31.3 Å². The largest absolute Gasteiger partial charge is 0.484 e. The lowest BCUT2D eigenvalue weighted by Crippen LogP contribution is -2.36. The molecule has 0 aliphatic heterocycles. The third-order valence-electron chi connectivity index (χ3n) is 3.77. The summed E-state index contributed by atoms with van der Waals surface area (Å²) in [5, 5.41) is 5.33. The number of rotatable bonds is 7. The minimum absolute atomic E-state index is 0.140. The van der Waals surface area contributed by atoms with Gasteiger partial charge in [0.1, 0.15) is 12.0 Å². The van der Waals surface area contributed by atoms with Crippen LogP contribution in [0.1, 0.15) is 27.0 Å². The number of carbonyl (C=O) groups excluding carboxylic acids is 3. The first kappa shape index (κ1) is 19.2. The molecule has 2 aromatic rings. The van der Waals surface area contributed by atoms with Crippen LogP contribution in [0.15, 0.2) is 36.4 Å². The number of nitrogens with one attached hydrogen (secondary N) is 2. The highest BCUT2D eigenvalue weighted by Crippen LogP contribution is 2.21. The number of benzene rings is 2. The van der Waals surface area contributed by atoms with Gasteiger partial charge in [0.2, 0.25) is 5.91 Å². The van der Waals surface area contributed by atoms with Crippen molar-refractivity contribution in [3.63, 3.8) is 0 Å². The smallest absolute Gasteiger partial charge is 0.258 e. The molecular formula is C20H22N2O4. The van der Waals surface area contributed by atoms with E-state index in [2.05, 4.69) is 10.6 Å². The average Bonchev–Trinajstić information content (AvgIpc) is 2.61. The molecule has 26 heavy (non-hydrogen) atoms. The van der Waals surface area contributed by atoms with E-state index in [0.717, 1.165) is 28.7 Å². The van der Waals surface area contributed by atoms with Gasteiger partial charge < -0.3 is 15.4 Å². The van der Waals surface area contributed by atoms with E-state index in [-0.39, 0.29) is 19.1 Å². The van der Waals surface area contributed by atoms with Gasteiger partial charge in [-0.2, -0.15) is 0 Å². The highest BCUT2D eigenvalue weighted by atomic mass is 16.5. The highest BCUT2D eigenvalue weighted by Gasteiger charge is 2.10. The molecule has 0 saturated carbocycles. The molecule has 136 valence electrons. The molecule has 0 atom stereocenters. The molecule has 0 aromatic heterocycles. The van der Waals surface area contributed by atoms with Gasteiger partial charge in [0.25, 0.3) is 5.91 Å². The summed E-state index contributed by atoms with van der Waals surface area (Å²) in [6, 6.07) is 10.4. The third kappa shape index (κ3) is 5.44. The summed E-state index contributed by atoms with van der Waals surface area (Å²) in [5.41, 5.74) is 4.37. The topological polar surface area (TPSA) is 84.5 Å². The van der Waals surface area contributed by atoms with Gasteiger partial charge in [-0.25, -0.2) is 0 Å². The zero-order valence-corrected chi connectivity index (χ0v) is 15.1. The van der Waals surface area contributed by atoms with Crippen molar-refractivity contribution in [1.82, 2.24) is 5.32 Å². The second-order valence-electron chi connectivity index (χ2n) is 6.07. The van der Waals surface area contributed by atoms with Gasteiger partial charge in [-0.15, -0.1) is 0 Å². The molecule has 0 spiro atoms. The van der Waals surface area contributed by atoms with Crippen LogP contribution in [-0.2, 0) is 9.59 Å². The van der Waals surface area contributed by atoms with E-state index < -0.39 is 5.91 Å². The minimum Gasteiger partial charge on any atom is -0.484 e. The second-order valence-corrected chi connectivity index (χ2v) is 6.07. The maximum atomic E-state index is 12.1. The van der Waals surface area contributed by atoms with Gasteiger partial charge in [0.05, 0.1) is 6.54 Å². The van der Waals surface area contributed by atoms with Crippen molar-refractivity contribution in [2.24, 2.45) is 0 Å². The molecule has 0 saturated heterocycles. The Morgan fingerprint density at radius 3 is 2.19 bits per heavy atom. The monoisotopic (exact) mass is 354 g/mol. The van der Waals surface area contributed by atoms with Gasteiger partial charge >= 0.3 is 0 Å². The standard InChI is InChI=1S/C20H22N2O4/c1-13-8-14(2)20(15(3)9-13)22-18(24)10-21-19(25)12-26-17-6-4-16(11-23)5-7-17/h4-9,11H,10,12H2,1-3H3,(H,21,25)(H,22,24). The Morgan fingerprint density at radius 1 is 1.00 bits per heavy atom. The van der Waals surface area contributed by atoms with Gasteiger partial charge in [-0.1, -0.05) is 17.7 Å². The fourth-order valence-corrected chi connectivity index (χ4v) is 2.58. The van der Waals surface area contributed by atoms with Gasteiger partial charge in [0, 0.05) is 11.3 Å². The molecule has 0 fully saturated rings. The minimum atomic E-state index is -0.406. The Hall–Kier alpha value is -3.15. The van der Waals surface area contributed by atoms with Gasteiger partial charge in [0.15, 0.2) is 6.61 Å². The fraction of sp³-hybridized carbons (Fsp3) is 0.250. The van der Waals surface area contributed by atoms with Crippen LogP contribution in [0.5, 0.6) is 5.75 Å². The molecule has 2 amide bonds. The van der Waals surface area contributed by atoms with E-state index in [0.29, 0.717) is 11.3 Å². The normalized spacial score (nSPS) is 10.1. The first-order chi connectivity index (χ1) is 12.4. The van der Waals surface area contributed by atoms with Crippen molar-refractivity contribution in [2.45, 2.75) is 20.8 Å². The van der Waals surface area contributed by atoms with E-state index in [1.165, 1.54) is 0 Å². The molecule has 0 unspecified atom stereocenters. The number of carbonyl (C=O) groups is 3. The SMILES string of the molecule is Cc1cc(C)c(NC(=O)CNC(=O)COc2ccc(C=O)cc2)c(C)c1. The molecule has 6 nitrogen and oxygen atoms in total. The number of aldehydes is 1. The number of amides is 2. The lowest BCUT2D eigenvalue weighted by Gasteiger charge is -2.13. The van der Waals surface area contributed by atoms with Crippen LogP contribution in [0, 0.1) is 20.8 Å². The Balaban J connectivity index is 1.79. The lowest BCUT2D eigenvalue weighted by atomic mass is 10.1. The molecule has 2 N–H and O–H groups in total. The Labute approximate surface area is 152 Å². The van der Waals surface area contributed by atoms with Crippen molar-refractivity contribution < 1.29 is 19.1 Å². The number of hydrogen-bond donors (Lipinski definition) is 2. The van der Waals surface area contributed by atoms with Crippen molar-refractivity contribution >= 4 is 23.8 Å². The quantitative estimate of drug-likeness (QED) is 0.749. The van der Waals surface area contributed by atoms with Crippen molar-refractivity contribution in [2.75, 3.05) is 18.5 Å². The van der Waals surface area contributed by atoms with Crippen LogP contribution in [0.3, 0.4) is 0 Å². The third-order valence-corrected chi connectivity index (χ3v) is 3.77. The first-order valence-electron chi connectivity index (χ1n) is 8.21. The summed E-state index contributed by atoms with van der Waals surface area (Å²) >= 11 is 0. The van der Waals surface area contributed by atoms with Crippen LogP contribution >= 0.6 is 0 Å². The Morgan fingerprint density at radius 2 is 1.62 bits per heavy atom. The fourth-order valence-electron chi connectivity index (χ4n) is 2.58. The van der Waals surface area contributed by atoms with E-state index in [4.69, 9.17) is 4.74 Å². The van der Waals surface area contributed by atoms with Gasteiger partial charge in [-0.3, -0.25) is 14.4 Å². The predicted octanol–water partition coefficient (Wildman–Crippen LogP) is 2.56. The maximum Gasteiger partial charge on any atom is 0.258 e. The number of aryl methyl sites for hydroxylation is 3. The van der Waals surface area contributed by atoms with Crippen molar-refractivity contribution in [3.8, 4) is 5.75 Å². The molecule has 0 aliphatic rings. The van der Waals surface area contributed by atoms with E-state index in [9.17, 15) is 14.4 Å². The first-order valence-corrected chi connectivity index (χ1v) is 8.21. The summed E-state index contributed by atoms with van der Waals surface area (Å²) in [4.78, 5) is 34.4. The van der Waals surface area contributed by atoms with Crippen molar-refractivity contribution in [1.29, 1.82) is 0 Å². The predicted molar refractivity (Wildman–Crippen MR) is 99.6 cm³/mol. The highest BCUT2D eigenvalue weighted by molar-refractivity contribution is 5.95. The molecule has 6 heteroatoms. The molecule has 0 bridgehead atoms. The molecular weight excluding hydrogens is 332 g/mol. The summed E-state index contributed by atoms with van der Waals surface area (Å²) in [6.45, 7) is 5.50. The second kappa shape index (κ2) is 8.80. The summed E-state index contributed by atoms with van der Waals surface area (Å²) in [6.07, 6.45) is 0.729. The molecule has 0 radical (unpaired) electrons. The van der Waals surface area contributed by atoms with E-state index >= 15 is 0 Å². The summed E-state index contributed by atoms with van der Waals surface area (Å²) in [5.74, 6) is -0.234. The number of hydrogen-bond acceptors (Lipinski definition) is 4. The van der Waals surface area contributed by atoms with E-state index in [1.807, 2.05) is 32.9 Å². The Kier molecular flexibility index (Phi) is 6.49. The molecule has 0 aliphatic carbocycles. The van der Waals surface area contributed by atoms with Crippen LogP contribution in [0.2, 0.25) is 0 Å². The number of ether oxygens (including phenoxy) is 1. The van der Waals surface area contributed by atoms with E-state index in [1.54, 1.807) is 24.3 Å². The zero-order valence-electron chi connectivity index (χ0n) is 15.1. The molecule has 2 aromatic carbocycles. The van der Waals surface area contributed by atoms with Crippen LogP contribution < -0.4 is 15.4 Å². The Bertz CT molecular complexity index is 790. The van der Waals surface area contributed by atoms with Crippen LogP contribution in [0.4, 0.5) is 5.69 Å². The maximum absolute atomic E-state index is 12.1. The zero-order chi connectivity index (χ0) is 19.1. The summed E-state index contributed by atoms with van der Waals surface area (Å²) in [7, 11) is 0.